The van der Waals surface area contributed by atoms with Crippen LogP contribution in [-0.2, 0) is 59.0 Å². The topological polar surface area (TPSA) is 0 Å². The summed E-state index contributed by atoms with van der Waals surface area (Å²) in [7, 11) is -3.25. The fraction of sp³-hybridized carbons (Fsp3) is 0.159. The standard InChI is InChI=1S/C69H63Si.3ClH.Ti/c1-2-3-35-65-36-22-37-69(65)70(66-47-59(38-53-23-10-4-11-24-53)44-60(48-66)39-54-25-12-5-13-26-54,67-49-61(40-55-27-14-6-15-28-55)45-62(50-67)41-56-29-16-7-17-30-56)68-51-63(42-57-31-18-8-19-32-57)46-64(52-68)43-58-33-20-9-21-34-58;;;;/h4-21,23-34,36,44-52H,2-3,22,35,38-43H2,1H3;3*1H;/q;;;;+3/p-3. The van der Waals surface area contributed by atoms with Gasteiger partial charge in [0.1, 0.15) is 0 Å². The Bertz CT molecular complexity index is 2760. The molecule has 74 heavy (non-hydrogen) atoms. The Morgan fingerprint density at radius 1 is 0.338 bits per heavy atom. The fourth-order valence-electron chi connectivity index (χ4n) is 11.2. The average molecular weight is 1070 g/mol. The van der Waals surface area contributed by atoms with Gasteiger partial charge in [-0.25, -0.2) is 0 Å². The maximum absolute atomic E-state index is 3.25. The summed E-state index contributed by atoms with van der Waals surface area (Å²) in [5.74, 6) is 0. The average Bonchev–Trinajstić information content (AvgIpc) is 3.77. The number of unbranched alkanes of at least 4 members (excludes halogenated alkanes) is 1. The van der Waals surface area contributed by atoms with Crippen LogP contribution in [0.2, 0.25) is 0 Å². The summed E-state index contributed by atoms with van der Waals surface area (Å²) in [6, 6.07) is 90.4. The van der Waals surface area contributed by atoms with Gasteiger partial charge in [-0.2, -0.15) is 0 Å². The summed E-state index contributed by atoms with van der Waals surface area (Å²) in [6.07, 6.45) is 12.3. The number of allylic oxidation sites excluding steroid dienone is 4. The number of rotatable bonds is 19. The van der Waals surface area contributed by atoms with Gasteiger partial charge in [-0.3, -0.25) is 0 Å². The fourth-order valence-corrected chi connectivity index (χ4v) is 18.0. The molecular formula is C69H63Cl3SiTi. The first-order chi connectivity index (χ1) is 35.0. The molecule has 0 heterocycles. The van der Waals surface area contributed by atoms with E-state index in [1.54, 1.807) is 10.8 Å². The monoisotopic (exact) mass is 1070 g/mol. The first kappa shape index (κ1) is 56.0. The minimum absolute atomic E-state index is 0. The van der Waals surface area contributed by atoms with Crippen molar-refractivity contribution in [2.45, 2.75) is 71.1 Å². The molecular weight excluding hydrogens is 1010 g/mol. The van der Waals surface area contributed by atoms with Crippen molar-refractivity contribution in [2.24, 2.45) is 0 Å². The first-order valence-corrected chi connectivity index (χ1v) is 28.5. The number of hydrogen-bond acceptors (Lipinski definition) is 0. The third kappa shape index (κ3) is 13.8. The quantitative estimate of drug-likeness (QED) is 0.0735. The Hall–Kier alpha value is -5.74. The van der Waals surface area contributed by atoms with Gasteiger partial charge in [0.2, 0.25) is 0 Å². The molecule has 0 fully saturated rings. The summed E-state index contributed by atoms with van der Waals surface area (Å²) < 4.78 is 1.52. The molecule has 0 amide bonds. The normalized spacial score (nSPS) is 12.1. The van der Waals surface area contributed by atoms with Crippen molar-refractivity contribution in [2.75, 3.05) is 0 Å². The molecule has 10 rings (SSSR count). The number of hydrogen-bond donors (Lipinski definition) is 0. The van der Waals surface area contributed by atoms with E-state index in [4.69, 9.17) is 0 Å². The third-order valence-corrected chi connectivity index (χ3v) is 20.2. The van der Waals surface area contributed by atoms with Crippen molar-refractivity contribution in [3.05, 3.63) is 324 Å². The minimum Gasteiger partial charge on any atom is -1.00 e. The zero-order valence-corrected chi connectivity index (χ0v) is 47.1. The first-order valence-electron chi connectivity index (χ1n) is 25.8. The van der Waals surface area contributed by atoms with Crippen molar-refractivity contribution in [3.8, 4) is 0 Å². The number of halogens is 3. The Balaban J connectivity index is 0.00000267. The Morgan fingerprint density at radius 2 is 0.581 bits per heavy atom. The van der Waals surface area contributed by atoms with E-state index in [0.717, 1.165) is 57.8 Å². The molecule has 0 nitrogen and oxygen atoms in total. The van der Waals surface area contributed by atoms with E-state index in [-0.39, 0.29) is 37.2 Å². The van der Waals surface area contributed by atoms with Gasteiger partial charge >= 0.3 is 439 Å². The summed E-state index contributed by atoms with van der Waals surface area (Å²) in [5, 5.41) is 6.08. The van der Waals surface area contributed by atoms with Crippen LogP contribution in [-0.4, -0.2) is 8.07 Å². The SMILES string of the molecule is CCCCC1=CC[C]([Ti+3])=C1[Si](c1cc(Cc2ccccc2)cc(Cc2ccccc2)c1)(c1cc(Cc2ccccc2)cc(Cc2ccccc2)c1)c1cc(Cc2ccccc2)cc(Cc2ccccc2)c1.[Cl-].[Cl-].[Cl-]. The Morgan fingerprint density at radius 3 is 0.811 bits per heavy atom. The second kappa shape index (κ2) is 27.2. The zero-order chi connectivity index (χ0) is 48.2. The van der Waals surface area contributed by atoms with Crippen LogP contribution in [0, 0.1) is 0 Å². The second-order valence-corrected chi connectivity index (χ2v) is 24.4. The van der Waals surface area contributed by atoms with Crippen LogP contribution in [0.4, 0.5) is 0 Å². The van der Waals surface area contributed by atoms with E-state index >= 15 is 0 Å². The summed E-state index contributed by atoms with van der Waals surface area (Å²) in [4.78, 5) is 0. The summed E-state index contributed by atoms with van der Waals surface area (Å²) in [5.41, 5.74) is 17.9. The van der Waals surface area contributed by atoms with Gasteiger partial charge in [-0.1, -0.05) is 0 Å². The molecule has 1 aliphatic carbocycles. The maximum atomic E-state index is 2.67. The predicted molar refractivity (Wildman–Crippen MR) is 299 cm³/mol. The predicted octanol–water partition coefficient (Wildman–Crippen LogP) is 5.57. The van der Waals surface area contributed by atoms with E-state index in [0.29, 0.717) is 0 Å². The Kier molecular flexibility index (Phi) is 20.6. The molecule has 9 aromatic rings. The van der Waals surface area contributed by atoms with Crippen molar-refractivity contribution in [3.63, 3.8) is 0 Å². The molecule has 0 saturated carbocycles. The molecule has 0 atom stereocenters. The molecule has 0 spiro atoms. The molecule has 0 bridgehead atoms. The van der Waals surface area contributed by atoms with E-state index < -0.39 is 8.07 Å². The largest absolute Gasteiger partial charge is 1.00 e. The summed E-state index contributed by atoms with van der Waals surface area (Å²) >= 11 is 2.47. The van der Waals surface area contributed by atoms with Gasteiger partial charge in [0, 0.05) is 0 Å². The van der Waals surface area contributed by atoms with Crippen molar-refractivity contribution in [1.82, 2.24) is 0 Å². The molecule has 0 aliphatic heterocycles. The van der Waals surface area contributed by atoms with Crippen LogP contribution in [0.5, 0.6) is 0 Å². The zero-order valence-electron chi connectivity index (χ0n) is 42.3. The smallest absolute Gasteiger partial charge is 1.00 e. The second-order valence-electron chi connectivity index (χ2n) is 19.7. The van der Waals surface area contributed by atoms with Crippen molar-refractivity contribution < 1.29 is 57.7 Å². The molecule has 1 aliphatic rings. The van der Waals surface area contributed by atoms with E-state index in [2.05, 4.69) is 270 Å². The van der Waals surface area contributed by atoms with Gasteiger partial charge < -0.3 is 37.2 Å². The van der Waals surface area contributed by atoms with Crippen LogP contribution >= 0.6 is 0 Å². The van der Waals surface area contributed by atoms with Crippen molar-refractivity contribution in [1.29, 1.82) is 0 Å². The van der Waals surface area contributed by atoms with Gasteiger partial charge in [0.25, 0.3) is 0 Å². The molecule has 0 N–H and O–H groups in total. The van der Waals surface area contributed by atoms with Gasteiger partial charge in [-0.05, 0) is 0 Å². The van der Waals surface area contributed by atoms with Gasteiger partial charge in [0.15, 0.2) is 0 Å². The molecule has 0 radical (unpaired) electrons. The molecule has 368 valence electrons. The van der Waals surface area contributed by atoms with Crippen LogP contribution in [0.25, 0.3) is 0 Å². The van der Waals surface area contributed by atoms with Crippen LogP contribution < -0.4 is 52.8 Å². The Labute approximate surface area is 472 Å². The maximum Gasteiger partial charge on any atom is -1.00 e. The van der Waals surface area contributed by atoms with Crippen LogP contribution in [0.1, 0.15) is 99.4 Å². The van der Waals surface area contributed by atoms with Crippen molar-refractivity contribution >= 4 is 23.6 Å². The molecule has 0 unspecified atom stereocenters. The van der Waals surface area contributed by atoms with Crippen LogP contribution in [0.3, 0.4) is 0 Å². The third-order valence-electron chi connectivity index (χ3n) is 14.3. The molecule has 5 heteroatoms. The minimum atomic E-state index is -3.25. The molecule has 9 aromatic carbocycles. The van der Waals surface area contributed by atoms with E-state index in [1.807, 2.05) is 0 Å². The van der Waals surface area contributed by atoms with E-state index in [9.17, 15) is 0 Å². The molecule has 0 saturated heterocycles. The molecule has 0 aromatic heterocycles. The van der Waals surface area contributed by atoms with Crippen LogP contribution in [0.15, 0.2) is 257 Å². The van der Waals surface area contributed by atoms with Gasteiger partial charge in [-0.15, -0.1) is 0 Å². The van der Waals surface area contributed by atoms with Gasteiger partial charge in [0.05, 0.1) is 0 Å². The van der Waals surface area contributed by atoms with E-state index in [1.165, 1.54) is 92.6 Å². The summed E-state index contributed by atoms with van der Waals surface area (Å²) in [6.45, 7) is 2.35. The number of benzene rings is 9.